The lowest BCUT2D eigenvalue weighted by Gasteiger charge is -2.22. The second-order valence-corrected chi connectivity index (χ2v) is 12.3. The van der Waals surface area contributed by atoms with Crippen molar-refractivity contribution in [1.29, 1.82) is 0 Å². The third-order valence-electron chi connectivity index (χ3n) is 6.82. The Morgan fingerprint density at radius 1 is 1.10 bits per heavy atom. The van der Waals surface area contributed by atoms with Crippen molar-refractivity contribution < 1.29 is 9.47 Å². The summed E-state index contributed by atoms with van der Waals surface area (Å²) in [7, 11) is 1.56. The van der Waals surface area contributed by atoms with Gasteiger partial charge < -0.3 is 9.47 Å². The topological polar surface area (TPSA) is 65.7 Å². The van der Waals surface area contributed by atoms with Gasteiger partial charge in [0.15, 0.2) is 11.5 Å². The van der Waals surface area contributed by atoms with Crippen molar-refractivity contribution in [1.82, 2.24) is 9.66 Å². The zero-order valence-corrected chi connectivity index (χ0v) is 26.6. The molecule has 6 nitrogen and oxygen atoms in total. The van der Waals surface area contributed by atoms with E-state index >= 15 is 0 Å². The highest BCUT2D eigenvalue weighted by molar-refractivity contribution is 9.11. The summed E-state index contributed by atoms with van der Waals surface area (Å²) in [6, 6.07) is 15.1. The first kappa shape index (κ1) is 28.3. The van der Waals surface area contributed by atoms with Gasteiger partial charge in [0, 0.05) is 30.5 Å². The number of halogens is 4. The summed E-state index contributed by atoms with van der Waals surface area (Å²) in [5.74, 6) is 1.74. The molecule has 1 aliphatic carbocycles. The van der Waals surface area contributed by atoms with E-state index in [2.05, 4.69) is 52.9 Å². The summed E-state index contributed by atoms with van der Waals surface area (Å²) < 4.78 is 15.6. The highest BCUT2D eigenvalue weighted by Gasteiger charge is 2.23. The number of hydrogen-bond acceptors (Lipinski definition) is 5. The zero-order chi connectivity index (χ0) is 27.5. The van der Waals surface area contributed by atoms with Crippen LogP contribution in [0.3, 0.4) is 0 Å². The van der Waals surface area contributed by atoms with E-state index in [0.29, 0.717) is 43.3 Å². The molecule has 0 N–H and O–H groups in total. The fourth-order valence-corrected chi connectivity index (χ4v) is 6.59. The highest BCUT2D eigenvalue weighted by Crippen LogP contribution is 2.43. The molecule has 0 bridgehead atoms. The summed E-state index contributed by atoms with van der Waals surface area (Å²) in [5, 5.41) is 5.52. The Hall–Kier alpha value is -2.20. The number of ether oxygens (including phenoxy) is 2. The van der Waals surface area contributed by atoms with E-state index in [1.165, 1.54) is 11.1 Å². The average Bonchev–Trinajstić information content (AvgIpc) is 2.95. The number of hydrogen-bond donors (Lipinski definition) is 0. The highest BCUT2D eigenvalue weighted by atomic mass is 79.9. The molecule has 1 aromatic heterocycles. The van der Waals surface area contributed by atoms with Crippen LogP contribution in [0.25, 0.3) is 10.9 Å². The summed E-state index contributed by atoms with van der Waals surface area (Å²) in [6.45, 7) is 0.284. The lowest BCUT2D eigenvalue weighted by molar-refractivity contribution is 0.284. The maximum Gasteiger partial charge on any atom is 0.282 e. The second kappa shape index (κ2) is 12.5. The smallest absolute Gasteiger partial charge is 0.282 e. The van der Waals surface area contributed by atoms with Gasteiger partial charge in [-0.05, 0) is 59.1 Å². The van der Waals surface area contributed by atoms with Crippen LogP contribution in [0.2, 0.25) is 5.02 Å². The van der Waals surface area contributed by atoms with E-state index in [1.807, 2.05) is 36.4 Å². The van der Waals surface area contributed by atoms with Gasteiger partial charge in [-0.25, -0.2) is 4.98 Å². The Labute approximate surface area is 256 Å². The minimum absolute atomic E-state index is 0.184. The average molecular weight is 739 g/mol. The maximum absolute atomic E-state index is 13.5. The van der Waals surface area contributed by atoms with Crippen LogP contribution in [0.1, 0.15) is 55.0 Å². The molecule has 1 heterocycles. The van der Waals surface area contributed by atoms with E-state index in [0.717, 1.165) is 40.2 Å². The third kappa shape index (κ3) is 6.11. The number of aromatic nitrogens is 2. The van der Waals surface area contributed by atoms with Crippen molar-refractivity contribution in [2.24, 2.45) is 5.10 Å². The van der Waals surface area contributed by atoms with Crippen LogP contribution < -0.4 is 15.0 Å². The molecule has 0 saturated heterocycles. The maximum atomic E-state index is 13.5. The first-order valence-corrected chi connectivity index (χ1v) is 15.3. The minimum atomic E-state index is -0.188. The molecule has 5 rings (SSSR count). The first-order valence-electron chi connectivity index (χ1n) is 12.6. The van der Waals surface area contributed by atoms with Crippen molar-refractivity contribution in [3.8, 4) is 11.5 Å². The lowest BCUT2D eigenvalue weighted by atomic mass is 9.88. The first-order chi connectivity index (χ1) is 18.9. The Bertz CT molecular complexity index is 1620. The Balaban J connectivity index is 1.51. The Morgan fingerprint density at radius 3 is 2.62 bits per heavy atom. The van der Waals surface area contributed by atoms with Gasteiger partial charge in [-0.15, -0.1) is 0 Å². The molecule has 1 aliphatic rings. The minimum Gasteiger partial charge on any atom is -0.493 e. The van der Waals surface area contributed by atoms with Gasteiger partial charge in [0.05, 0.1) is 24.2 Å². The van der Waals surface area contributed by atoms with Gasteiger partial charge in [-0.1, -0.05) is 80.9 Å². The molecule has 0 atom stereocenters. The van der Waals surface area contributed by atoms with Gasteiger partial charge in [-0.2, -0.15) is 9.78 Å². The van der Waals surface area contributed by atoms with Crippen molar-refractivity contribution >= 4 is 76.5 Å². The number of rotatable bonds is 7. The van der Waals surface area contributed by atoms with Crippen molar-refractivity contribution in [2.45, 2.75) is 44.6 Å². The molecule has 202 valence electrons. The largest absolute Gasteiger partial charge is 0.493 e. The van der Waals surface area contributed by atoms with Gasteiger partial charge in [0.1, 0.15) is 17.5 Å². The molecule has 10 heteroatoms. The Morgan fingerprint density at radius 2 is 1.87 bits per heavy atom. The summed E-state index contributed by atoms with van der Waals surface area (Å²) in [4.78, 5) is 18.4. The number of benzene rings is 3. The van der Waals surface area contributed by atoms with E-state index in [-0.39, 0.29) is 18.1 Å². The van der Waals surface area contributed by atoms with Crippen LogP contribution in [0.4, 0.5) is 0 Å². The van der Waals surface area contributed by atoms with E-state index < -0.39 is 0 Å². The Kier molecular flexibility index (Phi) is 9.11. The molecular formula is C29H25Br3ClN3O3. The molecule has 4 aromatic rings. The van der Waals surface area contributed by atoms with E-state index in [9.17, 15) is 4.79 Å². The standard InChI is InChI=1S/C29H25Br3ClN3O3/c1-38-24-13-19(25(32)26(33)27(24)39-16-18-11-12-20(30)14-22(18)31)15-34-36-28(17-7-3-2-4-8-17)35-23-10-6-5-9-21(23)29(36)37/h5-6,9-15,17H,2-4,7-8,16H2,1H3. The van der Waals surface area contributed by atoms with Crippen LogP contribution in [-0.2, 0) is 6.61 Å². The van der Waals surface area contributed by atoms with Gasteiger partial charge >= 0.3 is 0 Å². The normalized spacial score (nSPS) is 14.3. The van der Waals surface area contributed by atoms with Crippen molar-refractivity contribution in [3.63, 3.8) is 0 Å². The number of fused-ring (bicyclic) bond motifs is 1. The number of methoxy groups -OCH3 is 1. The van der Waals surface area contributed by atoms with Crippen LogP contribution in [0.5, 0.6) is 11.5 Å². The third-order valence-corrected chi connectivity index (χ3v) is 9.50. The molecule has 39 heavy (non-hydrogen) atoms. The SMILES string of the molecule is COc1cc(C=Nn2c(C3CCCCC3)nc3ccccc3c2=O)c(Br)c(Cl)c1OCc1ccc(Br)cc1Br. The number of nitrogens with zero attached hydrogens (tertiary/aromatic N) is 3. The van der Waals surface area contributed by atoms with Crippen molar-refractivity contribution in [3.05, 3.63) is 94.3 Å². The molecule has 3 aromatic carbocycles. The van der Waals surface area contributed by atoms with Crippen molar-refractivity contribution in [2.75, 3.05) is 7.11 Å². The molecule has 0 spiro atoms. The molecule has 1 saturated carbocycles. The van der Waals surface area contributed by atoms with Gasteiger partial charge in [0.25, 0.3) is 5.56 Å². The van der Waals surface area contributed by atoms with Crippen LogP contribution in [-0.4, -0.2) is 23.0 Å². The van der Waals surface area contributed by atoms with Crippen LogP contribution >= 0.6 is 59.4 Å². The van der Waals surface area contributed by atoms with Gasteiger partial charge in [0.2, 0.25) is 0 Å². The quantitative estimate of drug-likeness (QED) is 0.178. The molecular weight excluding hydrogens is 714 g/mol. The monoisotopic (exact) mass is 735 g/mol. The lowest BCUT2D eigenvalue weighted by Crippen LogP contribution is -2.25. The molecule has 0 unspecified atom stereocenters. The molecule has 0 aliphatic heterocycles. The van der Waals surface area contributed by atoms with Crippen LogP contribution in [0, 0.1) is 0 Å². The fraction of sp³-hybridized carbons (Fsp3) is 0.276. The molecule has 0 radical (unpaired) electrons. The van der Waals surface area contributed by atoms with E-state index in [1.54, 1.807) is 25.5 Å². The number of para-hydroxylation sites is 1. The fourth-order valence-electron chi connectivity index (χ4n) is 4.77. The zero-order valence-electron chi connectivity index (χ0n) is 21.1. The molecule has 0 amide bonds. The summed E-state index contributed by atoms with van der Waals surface area (Å²) in [6.07, 6.45) is 7.03. The van der Waals surface area contributed by atoms with Gasteiger partial charge in [-0.3, -0.25) is 4.79 Å². The summed E-state index contributed by atoms with van der Waals surface area (Å²) >= 11 is 17.4. The second-order valence-electron chi connectivity index (χ2n) is 9.33. The molecule has 1 fully saturated rings. The van der Waals surface area contributed by atoms with E-state index in [4.69, 9.17) is 26.1 Å². The van der Waals surface area contributed by atoms with Crippen LogP contribution in [0.15, 0.2) is 71.8 Å². The summed E-state index contributed by atoms with van der Waals surface area (Å²) in [5.41, 5.74) is 2.10. The predicted molar refractivity (Wildman–Crippen MR) is 167 cm³/mol. The predicted octanol–water partition coefficient (Wildman–Crippen LogP) is 8.85.